The number of nitrogens with zero attached hydrogens (tertiary/aromatic N) is 1. The van der Waals surface area contributed by atoms with Gasteiger partial charge in [0.2, 0.25) is 5.91 Å². The van der Waals surface area contributed by atoms with E-state index in [2.05, 4.69) is 0 Å². The summed E-state index contributed by atoms with van der Waals surface area (Å²) in [6.45, 7) is 1.77. The van der Waals surface area contributed by atoms with E-state index in [0.29, 0.717) is 17.2 Å². The number of likely N-dealkylation sites (tertiary alicyclic amines) is 1. The summed E-state index contributed by atoms with van der Waals surface area (Å²) in [5, 5.41) is 0.607. The molecule has 0 saturated carbocycles. The zero-order valence-electron chi connectivity index (χ0n) is 10.6. The van der Waals surface area contributed by atoms with Crippen LogP contribution in [0.2, 0.25) is 5.02 Å². The molecule has 4 heteroatoms. The highest BCUT2D eigenvalue weighted by atomic mass is 35.5. The molecule has 1 fully saturated rings. The van der Waals surface area contributed by atoms with Crippen molar-refractivity contribution in [3.8, 4) is 5.75 Å². The van der Waals surface area contributed by atoms with Crippen LogP contribution in [0.4, 0.5) is 0 Å². The van der Waals surface area contributed by atoms with Crippen LogP contribution >= 0.6 is 11.6 Å². The molecule has 1 aromatic rings. The number of amides is 1. The molecular formula is C14H18ClNO2. The quantitative estimate of drug-likeness (QED) is 0.843. The molecule has 1 aliphatic heterocycles. The largest absolute Gasteiger partial charge is 0.497 e. The summed E-state index contributed by atoms with van der Waals surface area (Å²) < 4.78 is 5.15. The van der Waals surface area contributed by atoms with Gasteiger partial charge in [-0.05, 0) is 43.0 Å². The number of carbonyl (C=O) groups is 1. The second kappa shape index (κ2) is 6.10. The van der Waals surface area contributed by atoms with Gasteiger partial charge in [0, 0.05) is 18.1 Å². The van der Waals surface area contributed by atoms with Crippen molar-refractivity contribution in [2.75, 3.05) is 20.2 Å². The summed E-state index contributed by atoms with van der Waals surface area (Å²) in [6, 6.07) is 5.44. The molecule has 0 atom stereocenters. The van der Waals surface area contributed by atoms with Crippen LogP contribution in [0.3, 0.4) is 0 Å². The van der Waals surface area contributed by atoms with Crippen LogP contribution in [-0.2, 0) is 11.2 Å². The third-order valence-electron chi connectivity index (χ3n) is 3.23. The molecule has 1 aromatic carbocycles. The Kier molecular flexibility index (Phi) is 4.48. The van der Waals surface area contributed by atoms with Gasteiger partial charge in [-0.25, -0.2) is 0 Å². The van der Waals surface area contributed by atoms with Gasteiger partial charge in [-0.1, -0.05) is 11.6 Å². The number of hydrogen-bond acceptors (Lipinski definition) is 2. The molecule has 3 nitrogen and oxygen atoms in total. The minimum atomic E-state index is 0.180. The maximum Gasteiger partial charge on any atom is 0.226 e. The summed E-state index contributed by atoms with van der Waals surface area (Å²) in [6.07, 6.45) is 3.86. The van der Waals surface area contributed by atoms with Crippen molar-refractivity contribution in [2.24, 2.45) is 0 Å². The molecule has 1 saturated heterocycles. The highest BCUT2D eigenvalue weighted by Crippen LogP contribution is 2.21. The lowest BCUT2D eigenvalue weighted by Gasteiger charge is -2.26. The summed E-state index contributed by atoms with van der Waals surface area (Å²) in [5.41, 5.74) is 0.912. The molecule has 0 aromatic heterocycles. The van der Waals surface area contributed by atoms with E-state index in [1.807, 2.05) is 17.0 Å². The summed E-state index contributed by atoms with van der Waals surface area (Å²) in [4.78, 5) is 14.1. The van der Waals surface area contributed by atoms with Crippen molar-refractivity contribution in [2.45, 2.75) is 25.7 Å². The van der Waals surface area contributed by atoms with Crippen LogP contribution in [0.1, 0.15) is 24.8 Å². The normalized spacial score (nSPS) is 15.6. The molecular weight excluding hydrogens is 250 g/mol. The first-order chi connectivity index (χ1) is 8.69. The van der Waals surface area contributed by atoms with Crippen LogP contribution < -0.4 is 4.74 Å². The van der Waals surface area contributed by atoms with Gasteiger partial charge in [-0.3, -0.25) is 4.79 Å². The molecule has 0 radical (unpaired) electrons. The minimum Gasteiger partial charge on any atom is -0.497 e. The number of hydrogen-bond donors (Lipinski definition) is 0. The average Bonchev–Trinajstić information content (AvgIpc) is 2.39. The van der Waals surface area contributed by atoms with Crippen molar-refractivity contribution in [3.63, 3.8) is 0 Å². The second-order valence-corrected chi connectivity index (χ2v) is 5.05. The van der Waals surface area contributed by atoms with E-state index < -0.39 is 0 Å². The number of ether oxygens (including phenoxy) is 1. The predicted octanol–water partition coefficient (Wildman–Crippen LogP) is 2.90. The standard InChI is InChI=1S/C14H18ClNO2/c1-18-13-8-11(7-12(15)10-13)9-14(17)16-5-3-2-4-6-16/h7-8,10H,2-6,9H2,1H3. The topological polar surface area (TPSA) is 29.5 Å². The van der Waals surface area contributed by atoms with Crippen molar-refractivity contribution in [1.29, 1.82) is 0 Å². The Labute approximate surface area is 113 Å². The van der Waals surface area contributed by atoms with Gasteiger partial charge in [-0.2, -0.15) is 0 Å². The number of piperidine rings is 1. The first-order valence-corrected chi connectivity index (χ1v) is 6.68. The highest BCUT2D eigenvalue weighted by molar-refractivity contribution is 6.30. The Balaban J connectivity index is 2.03. The first kappa shape index (κ1) is 13.2. The molecule has 1 amide bonds. The van der Waals surface area contributed by atoms with Gasteiger partial charge in [0.15, 0.2) is 0 Å². The van der Waals surface area contributed by atoms with Crippen molar-refractivity contribution < 1.29 is 9.53 Å². The van der Waals surface area contributed by atoms with E-state index in [1.54, 1.807) is 13.2 Å². The van der Waals surface area contributed by atoms with Gasteiger partial charge in [-0.15, -0.1) is 0 Å². The van der Waals surface area contributed by atoms with Crippen LogP contribution in [0.25, 0.3) is 0 Å². The van der Waals surface area contributed by atoms with Gasteiger partial charge in [0.25, 0.3) is 0 Å². The maximum atomic E-state index is 12.1. The number of rotatable bonds is 3. The number of halogens is 1. The maximum absolute atomic E-state index is 12.1. The van der Waals surface area contributed by atoms with E-state index in [0.717, 1.165) is 31.5 Å². The van der Waals surface area contributed by atoms with E-state index in [1.165, 1.54) is 6.42 Å². The smallest absolute Gasteiger partial charge is 0.226 e. The summed E-state index contributed by atoms with van der Waals surface area (Å²) in [5.74, 6) is 0.878. The van der Waals surface area contributed by atoms with Crippen LogP contribution in [0.5, 0.6) is 5.75 Å². The molecule has 0 N–H and O–H groups in total. The minimum absolute atomic E-state index is 0.180. The number of methoxy groups -OCH3 is 1. The molecule has 2 rings (SSSR count). The average molecular weight is 268 g/mol. The Morgan fingerprint density at radius 1 is 1.28 bits per heavy atom. The SMILES string of the molecule is COc1cc(Cl)cc(CC(=O)N2CCCCC2)c1. The fraction of sp³-hybridized carbons (Fsp3) is 0.500. The summed E-state index contributed by atoms with van der Waals surface area (Å²) in [7, 11) is 1.60. The van der Waals surface area contributed by atoms with E-state index in [-0.39, 0.29) is 5.91 Å². The molecule has 0 bridgehead atoms. The molecule has 0 aliphatic carbocycles. The Hall–Kier alpha value is -1.22. The number of carbonyl (C=O) groups excluding carboxylic acids is 1. The van der Waals surface area contributed by atoms with Crippen molar-refractivity contribution >= 4 is 17.5 Å². The second-order valence-electron chi connectivity index (χ2n) is 4.62. The monoisotopic (exact) mass is 267 g/mol. The van der Waals surface area contributed by atoms with Crippen LogP contribution in [-0.4, -0.2) is 31.0 Å². The lowest BCUT2D eigenvalue weighted by Crippen LogP contribution is -2.36. The van der Waals surface area contributed by atoms with Crippen molar-refractivity contribution in [1.82, 2.24) is 4.90 Å². The molecule has 0 spiro atoms. The Morgan fingerprint density at radius 2 is 2.00 bits per heavy atom. The third kappa shape index (κ3) is 3.39. The molecule has 0 unspecified atom stereocenters. The Morgan fingerprint density at radius 3 is 2.67 bits per heavy atom. The highest BCUT2D eigenvalue weighted by Gasteiger charge is 2.17. The molecule has 18 heavy (non-hydrogen) atoms. The lowest BCUT2D eigenvalue weighted by atomic mass is 10.1. The number of benzene rings is 1. The molecule has 98 valence electrons. The fourth-order valence-electron chi connectivity index (χ4n) is 2.27. The van der Waals surface area contributed by atoms with Gasteiger partial charge < -0.3 is 9.64 Å². The fourth-order valence-corrected chi connectivity index (χ4v) is 2.52. The van der Waals surface area contributed by atoms with Gasteiger partial charge in [0.1, 0.15) is 5.75 Å². The van der Waals surface area contributed by atoms with E-state index in [4.69, 9.17) is 16.3 Å². The van der Waals surface area contributed by atoms with Crippen LogP contribution in [0.15, 0.2) is 18.2 Å². The Bertz CT molecular complexity index is 428. The van der Waals surface area contributed by atoms with E-state index >= 15 is 0 Å². The zero-order valence-corrected chi connectivity index (χ0v) is 11.4. The summed E-state index contributed by atoms with van der Waals surface area (Å²) >= 11 is 5.99. The third-order valence-corrected chi connectivity index (χ3v) is 3.45. The zero-order chi connectivity index (χ0) is 13.0. The van der Waals surface area contributed by atoms with Gasteiger partial charge >= 0.3 is 0 Å². The molecule has 1 aliphatic rings. The van der Waals surface area contributed by atoms with Crippen LogP contribution in [0, 0.1) is 0 Å². The van der Waals surface area contributed by atoms with E-state index in [9.17, 15) is 4.79 Å². The first-order valence-electron chi connectivity index (χ1n) is 6.30. The predicted molar refractivity (Wildman–Crippen MR) is 72.1 cm³/mol. The molecule has 1 heterocycles. The lowest BCUT2D eigenvalue weighted by molar-refractivity contribution is -0.131. The van der Waals surface area contributed by atoms with Gasteiger partial charge in [0.05, 0.1) is 13.5 Å². The van der Waals surface area contributed by atoms with Crippen molar-refractivity contribution in [3.05, 3.63) is 28.8 Å².